The fourth-order valence-corrected chi connectivity index (χ4v) is 2.04. The highest BCUT2D eigenvalue weighted by atomic mass is 16.6. The monoisotopic (exact) mass is 274 g/mol. The molecule has 0 fully saturated rings. The second-order valence-electron chi connectivity index (χ2n) is 4.67. The maximum absolute atomic E-state index is 11.7. The normalized spacial score (nSPS) is 15.1. The highest BCUT2D eigenvalue weighted by Crippen LogP contribution is 2.29. The van der Waals surface area contributed by atoms with Gasteiger partial charge < -0.3 is 9.47 Å². The molecule has 0 bridgehead atoms. The van der Waals surface area contributed by atoms with Gasteiger partial charge in [-0.3, -0.25) is 0 Å². The van der Waals surface area contributed by atoms with Gasteiger partial charge in [0, 0.05) is 5.56 Å². The van der Waals surface area contributed by atoms with Crippen molar-refractivity contribution >= 4 is 17.7 Å². The Labute approximate surface area is 118 Å². The second-order valence-corrected chi connectivity index (χ2v) is 4.67. The molecular weight excluding hydrogens is 256 g/mol. The van der Waals surface area contributed by atoms with Crippen molar-refractivity contribution in [1.82, 2.24) is 0 Å². The van der Waals surface area contributed by atoms with Gasteiger partial charge in [0.25, 0.3) is 0 Å². The molecule has 0 aliphatic carbocycles. The number of benzene rings is 1. The molecule has 4 nitrogen and oxygen atoms in total. The molecule has 1 aromatic rings. The molecule has 106 valence electrons. The van der Waals surface area contributed by atoms with Crippen molar-refractivity contribution in [3.63, 3.8) is 0 Å². The van der Waals surface area contributed by atoms with Crippen molar-refractivity contribution in [3.8, 4) is 0 Å². The second kappa shape index (κ2) is 6.89. The van der Waals surface area contributed by atoms with E-state index in [1.807, 2.05) is 0 Å². The molecule has 0 unspecified atom stereocenters. The molecule has 0 N–H and O–H groups in total. The summed E-state index contributed by atoms with van der Waals surface area (Å²) in [5.74, 6) is -0.632. The van der Waals surface area contributed by atoms with Gasteiger partial charge in [0.05, 0.1) is 18.2 Å². The smallest absolute Gasteiger partial charge is 0.344 e. The van der Waals surface area contributed by atoms with Crippen molar-refractivity contribution in [2.24, 2.45) is 0 Å². The first-order chi connectivity index (χ1) is 9.72. The number of carbonyl (C=O) groups excluding carboxylic acids is 2. The minimum absolute atomic E-state index is 0.268. The molecule has 0 saturated carbocycles. The third-order valence-electron chi connectivity index (χ3n) is 3.11. The largest absolute Gasteiger partial charge is 0.462 e. The molecule has 1 aromatic carbocycles. The quantitative estimate of drug-likeness (QED) is 0.453. The van der Waals surface area contributed by atoms with Crippen LogP contribution in [0.2, 0.25) is 0 Å². The van der Waals surface area contributed by atoms with Gasteiger partial charge in [0.15, 0.2) is 0 Å². The number of unbranched alkanes of at least 4 members (excludes halogenated alkanes) is 3. The lowest BCUT2D eigenvalue weighted by Crippen LogP contribution is -2.03. The molecule has 1 heterocycles. The Bertz CT molecular complexity index is 531. The number of hydrogen-bond acceptors (Lipinski definition) is 4. The van der Waals surface area contributed by atoms with Gasteiger partial charge in [-0.1, -0.05) is 44.4 Å². The summed E-state index contributed by atoms with van der Waals surface area (Å²) in [6.07, 6.45) is 5.44. The first kappa shape index (κ1) is 14.3. The predicted molar refractivity (Wildman–Crippen MR) is 74.9 cm³/mol. The van der Waals surface area contributed by atoms with Gasteiger partial charge in [-0.15, -0.1) is 0 Å². The standard InChI is InChI=1S/C16H18O4/c1-2-3-4-7-10-19-15(17)11-14-12-8-5-6-9-13(12)16(18)20-14/h5-6,8-9,11H,2-4,7,10H2,1H3. The van der Waals surface area contributed by atoms with Gasteiger partial charge in [0.1, 0.15) is 5.76 Å². The zero-order valence-corrected chi connectivity index (χ0v) is 11.6. The Morgan fingerprint density at radius 1 is 1.20 bits per heavy atom. The molecule has 4 heteroatoms. The average Bonchev–Trinajstić information content (AvgIpc) is 2.76. The first-order valence-electron chi connectivity index (χ1n) is 6.92. The number of esters is 2. The van der Waals surface area contributed by atoms with E-state index in [2.05, 4.69) is 6.92 Å². The first-order valence-corrected chi connectivity index (χ1v) is 6.92. The molecule has 2 rings (SSSR count). The van der Waals surface area contributed by atoms with E-state index in [1.165, 1.54) is 6.08 Å². The highest BCUT2D eigenvalue weighted by molar-refractivity contribution is 6.05. The topological polar surface area (TPSA) is 52.6 Å². The third kappa shape index (κ3) is 3.47. The zero-order chi connectivity index (χ0) is 14.4. The van der Waals surface area contributed by atoms with Crippen molar-refractivity contribution in [2.75, 3.05) is 6.61 Å². The highest BCUT2D eigenvalue weighted by Gasteiger charge is 2.26. The Morgan fingerprint density at radius 3 is 2.70 bits per heavy atom. The summed E-state index contributed by atoms with van der Waals surface area (Å²) in [4.78, 5) is 23.2. The van der Waals surface area contributed by atoms with Crippen LogP contribution in [-0.4, -0.2) is 18.5 Å². The average molecular weight is 274 g/mol. The van der Waals surface area contributed by atoms with Crippen LogP contribution in [0.25, 0.3) is 5.76 Å². The van der Waals surface area contributed by atoms with Crippen LogP contribution >= 0.6 is 0 Å². The van der Waals surface area contributed by atoms with Crippen LogP contribution in [-0.2, 0) is 14.3 Å². The SMILES string of the molecule is CCCCCCOC(=O)C=C1OC(=O)c2ccccc21. The van der Waals surface area contributed by atoms with E-state index in [0.717, 1.165) is 25.7 Å². The van der Waals surface area contributed by atoms with Crippen molar-refractivity contribution < 1.29 is 19.1 Å². The predicted octanol–water partition coefficient (Wildman–Crippen LogP) is 3.32. The maximum Gasteiger partial charge on any atom is 0.344 e. The zero-order valence-electron chi connectivity index (χ0n) is 11.6. The number of fused-ring (bicyclic) bond motifs is 1. The molecule has 0 atom stereocenters. The van der Waals surface area contributed by atoms with E-state index >= 15 is 0 Å². The minimum atomic E-state index is -0.471. The Morgan fingerprint density at radius 2 is 1.95 bits per heavy atom. The Kier molecular flexibility index (Phi) is 4.93. The lowest BCUT2D eigenvalue weighted by atomic mass is 10.1. The van der Waals surface area contributed by atoms with Crippen molar-refractivity contribution in [2.45, 2.75) is 32.6 Å². The van der Waals surface area contributed by atoms with Gasteiger partial charge in [0.2, 0.25) is 0 Å². The number of rotatable bonds is 6. The number of ether oxygens (including phenoxy) is 2. The maximum atomic E-state index is 11.7. The van der Waals surface area contributed by atoms with Crippen molar-refractivity contribution in [1.29, 1.82) is 0 Å². The van der Waals surface area contributed by atoms with Gasteiger partial charge in [-0.2, -0.15) is 0 Å². The van der Waals surface area contributed by atoms with Crippen LogP contribution in [0.3, 0.4) is 0 Å². The summed E-state index contributed by atoms with van der Waals surface area (Å²) < 4.78 is 10.2. The van der Waals surface area contributed by atoms with Crippen LogP contribution in [0, 0.1) is 0 Å². The Balaban J connectivity index is 1.92. The molecule has 1 aliphatic rings. The van der Waals surface area contributed by atoms with Gasteiger partial charge >= 0.3 is 11.9 Å². The van der Waals surface area contributed by atoms with E-state index in [9.17, 15) is 9.59 Å². The fraction of sp³-hybridized carbons (Fsp3) is 0.375. The summed E-state index contributed by atoms with van der Waals surface area (Å²) in [6.45, 7) is 2.53. The minimum Gasteiger partial charge on any atom is -0.462 e. The molecule has 0 amide bonds. The number of cyclic esters (lactones) is 1. The molecular formula is C16H18O4. The van der Waals surface area contributed by atoms with Gasteiger partial charge in [-0.25, -0.2) is 9.59 Å². The van der Waals surface area contributed by atoms with Crippen LogP contribution in [0.15, 0.2) is 30.3 Å². The molecule has 0 aromatic heterocycles. The molecule has 0 spiro atoms. The summed E-state index contributed by atoms with van der Waals surface area (Å²) in [7, 11) is 0. The van der Waals surface area contributed by atoms with Crippen LogP contribution < -0.4 is 0 Å². The lowest BCUT2D eigenvalue weighted by Gasteiger charge is -2.02. The van der Waals surface area contributed by atoms with Crippen molar-refractivity contribution in [3.05, 3.63) is 41.5 Å². The fourth-order valence-electron chi connectivity index (χ4n) is 2.04. The summed E-state index contributed by atoms with van der Waals surface area (Å²) >= 11 is 0. The van der Waals surface area contributed by atoms with Crippen LogP contribution in [0.4, 0.5) is 0 Å². The van der Waals surface area contributed by atoms with E-state index in [4.69, 9.17) is 9.47 Å². The summed E-state index contributed by atoms with van der Waals surface area (Å²) in [5.41, 5.74) is 1.12. The summed E-state index contributed by atoms with van der Waals surface area (Å²) in [5, 5.41) is 0. The van der Waals surface area contributed by atoms with Crippen LogP contribution in [0.5, 0.6) is 0 Å². The number of hydrogen-bond donors (Lipinski definition) is 0. The molecule has 20 heavy (non-hydrogen) atoms. The molecule has 1 aliphatic heterocycles. The van der Waals surface area contributed by atoms with E-state index < -0.39 is 11.9 Å². The third-order valence-corrected chi connectivity index (χ3v) is 3.11. The van der Waals surface area contributed by atoms with E-state index in [0.29, 0.717) is 17.7 Å². The molecule has 0 radical (unpaired) electrons. The van der Waals surface area contributed by atoms with Crippen LogP contribution in [0.1, 0.15) is 48.5 Å². The molecule has 0 saturated heterocycles. The van der Waals surface area contributed by atoms with E-state index in [-0.39, 0.29) is 5.76 Å². The summed E-state index contributed by atoms with van der Waals surface area (Å²) in [6, 6.07) is 6.98. The van der Waals surface area contributed by atoms with Gasteiger partial charge in [-0.05, 0) is 12.5 Å². The van der Waals surface area contributed by atoms with E-state index in [1.54, 1.807) is 24.3 Å². The number of carbonyl (C=O) groups is 2. The lowest BCUT2D eigenvalue weighted by molar-refractivity contribution is -0.137. The Hall–Kier alpha value is -2.10.